The smallest absolute Gasteiger partial charge is 0.274 e. The third kappa shape index (κ3) is 5.02. The van der Waals surface area contributed by atoms with Crippen molar-refractivity contribution in [2.75, 3.05) is 17.2 Å². The lowest BCUT2D eigenvalue weighted by atomic mass is 10.2. The van der Waals surface area contributed by atoms with Crippen LogP contribution in [0.3, 0.4) is 0 Å². The molecule has 1 aromatic heterocycles. The van der Waals surface area contributed by atoms with Gasteiger partial charge >= 0.3 is 0 Å². The fourth-order valence-corrected chi connectivity index (χ4v) is 2.05. The molecule has 0 fully saturated rings. The number of unbranched alkanes of at least 4 members (excludes halogenated alkanes) is 2. The fourth-order valence-electron chi connectivity index (χ4n) is 2.05. The van der Waals surface area contributed by atoms with E-state index in [4.69, 9.17) is 0 Å². The van der Waals surface area contributed by atoms with Crippen molar-refractivity contribution in [1.29, 1.82) is 0 Å². The molecule has 0 saturated heterocycles. The second-order valence-corrected chi connectivity index (χ2v) is 5.14. The van der Waals surface area contributed by atoms with Gasteiger partial charge in [-0.2, -0.15) is 0 Å². The number of nitrogens with zero attached hydrogens (tertiary/aromatic N) is 1. The number of amides is 1. The van der Waals surface area contributed by atoms with Crippen LogP contribution in [0.1, 0.15) is 36.7 Å². The average Bonchev–Trinajstić information content (AvgIpc) is 2.54. The van der Waals surface area contributed by atoms with E-state index in [1.54, 1.807) is 12.1 Å². The number of aromatic nitrogens is 1. The van der Waals surface area contributed by atoms with Crippen LogP contribution in [0.15, 0.2) is 36.5 Å². The Morgan fingerprint density at radius 1 is 1.17 bits per heavy atom. The first-order valence-electron chi connectivity index (χ1n) is 7.56. The van der Waals surface area contributed by atoms with E-state index in [2.05, 4.69) is 22.5 Å². The zero-order valence-corrected chi connectivity index (χ0v) is 12.9. The number of hydrogen-bond acceptors (Lipinski definition) is 3. The highest BCUT2D eigenvalue weighted by Gasteiger charge is 2.11. The number of nitrogens with one attached hydrogen (secondary N) is 2. The van der Waals surface area contributed by atoms with Crippen molar-refractivity contribution in [2.45, 2.75) is 26.2 Å². The Labute approximate surface area is 133 Å². The zero-order chi connectivity index (χ0) is 16.7. The molecule has 0 aliphatic rings. The van der Waals surface area contributed by atoms with Gasteiger partial charge in [0.1, 0.15) is 17.3 Å². The molecule has 1 aromatic carbocycles. The van der Waals surface area contributed by atoms with Gasteiger partial charge in [-0.1, -0.05) is 19.8 Å². The first-order valence-corrected chi connectivity index (χ1v) is 7.56. The van der Waals surface area contributed by atoms with Gasteiger partial charge in [0.05, 0.1) is 5.69 Å². The average molecular weight is 319 g/mol. The lowest BCUT2D eigenvalue weighted by molar-refractivity contribution is 0.102. The van der Waals surface area contributed by atoms with Crippen LogP contribution in [-0.2, 0) is 0 Å². The SMILES string of the molecule is CCCCCNc1ccnc(C(=O)Nc2ccc(F)cc2F)c1. The summed E-state index contributed by atoms with van der Waals surface area (Å²) in [6.07, 6.45) is 4.82. The second kappa shape index (κ2) is 8.22. The maximum Gasteiger partial charge on any atom is 0.274 e. The minimum atomic E-state index is -0.827. The van der Waals surface area contributed by atoms with Gasteiger partial charge in [0.2, 0.25) is 0 Å². The predicted octanol–water partition coefficient (Wildman–Crippen LogP) is 4.21. The number of pyridine rings is 1. The van der Waals surface area contributed by atoms with Gasteiger partial charge in [-0.25, -0.2) is 8.78 Å². The van der Waals surface area contributed by atoms with Crippen molar-refractivity contribution < 1.29 is 13.6 Å². The first-order chi connectivity index (χ1) is 11.1. The highest BCUT2D eigenvalue weighted by molar-refractivity contribution is 6.03. The van der Waals surface area contributed by atoms with E-state index in [1.165, 1.54) is 12.3 Å². The summed E-state index contributed by atoms with van der Waals surface area (Å²) in [6.45, 7) is 2.94. The van der Waals surface area contributed by atoms with Crippen LogP contribution in [0.4, 0.5) is 20.2 Å². The third-order valence-corrected chi connectivity index (χ3v) is 3.28. The molecule has 2 rings (SSSR count). The standard InChI is InChI=1S/C17H19F2N3O/c1-2-3-4-8-20-13-7-9-21-16(11-13)17(23)22-15-6-5-12(18)10-14(15)19/h5-7,9-11H,2-4,8H2,1H3,(H,20,21)(H,22,23). The maximum absolute atomic E-state index is 13.6. The lowest BCUT2D eigenvalue weighted by Gasteiger charge is -2.09. The summed E-state index contributed by atoms with van der Waals surface area (Å²) >= 11 is 0. The van der Waals surface area contributed by atoms with Gasteiger partial charge in [-0.05, 0) is 30.7 Å². The van der Waals surface area contributed by atoms with E-state index in [-0.39, 0.29) is 11.4 Å². The molecule has 0 radical (unpaired) electrons. The van der Waals surface area contributed by atoms with E-state index >= 15 is 0 Å². The number of halogens is 2. The van der Waals surface area contributed by atoms with Gasteiger partial charge in [0, 0.05) is 24.5 Å². The van der Waals surface area contributed by atoms with E-state index in [0.29, 0.717) is 0 Å². The first kappa shape index (κ1) is 16.9. The van der Waals surface area contributed by atoms with E-state index < -0.39 is 17.5 Å². The lowest BCUT2D eigenvalue weighted by Crippen LogP contribution is -2.15. The minimum absolute atomic E-state index is 0.0838. The number of benzene rings is 1. The van der Waals surface area contributed by atoms with Crippen molar-refractivity contribution in [3.05, 3.63) is 53.9 Å². The van der Waals surface area contributed by atoms with Gasteiger partial charge in [-0.15, -0.1) is 0 Å². The summed E-state index contributed by atoms with van der Waals surface area (Å²) in [5, 5.41) is 5.60. The molecule has 122 valence electrons. The molecule has 23 heavy (non-hydrogen) atoms. The molecule has 0 aliphatic heterocycles. The number of carbonyl (C=O) groups is 1. The van der Waals surface area contributed by atoms with Crippen LogP contribution in [0, 0.1) is 11.6 Å². The second-order valence-electron chi connectivity index (χ2n) is 5.14. The number of carbonyl (C=O) groups excluding carboxylic acids is 1. The Morgan fingerprint density at radius 2 is 2.00 bits per heavy atom. The van der Waals surface area contributed by atoms with Crippen LogP contribution in [0.2, 0.25) is 0 Å². The Morgan fingerprint density at radius 3 is 2.74 bits per heavy atom. The Kier molecular flexibility index (Phi) is 6.02. The molecule has 0 unspecified atom stereocenters. The molecule has 0 aliphatic carbocycles. The van der Waals surface area contributed by atoms with Crippen molar-refractivity contribution >= 4 is 17.3 Å². The van der Waals surface area contributed by atoms with Crippen LogP contribution in [-0.4, -0.2) is 17.4 Å². The molecule has 0 spiro atoms. The van der Waals surface area contributed by atoms with Crippen LogP contribution >= 0.6 is 0 Å². The Hall–Kier alpha value is -2.50. The quantitative estimate of drug-likeness (QED) is 0.752. The fraction of sp³-hybridized carbons (Fsp3) is 0.294. The van der Waals surface area contributed by atoms with Crippen LogP contribution < -0.4 is 10.6 Å². The molecule has 0 bridgehead atoms. The molecule has 2 aromatic rings. The molecule has 6 heteroatoms. The molecular formula is C17H19F2N3O. The van der Waals surface area contributed by atoms with Crippen molar-refractivity contribution in [2.24, 2.45) is 0 Å². The van der Waals surface area contributed by atoms with Crippen molar-refractivity contribution in [3.63, 3.8) is 0 Å². The summed E-state index contributed by atoms with van der Waals surface area (Å²) in [4.78, 5) is 16.1. The van der Waals surface area contributed by atoms with Crippen molar-refractivity contribution in [3.8, 4) is 0 Å². The van der Waals surface area contributed by atoms with Gasteiger partial charge < -0.3 is 10.6 Å². The van der Waals surface area contributed by atoms with Crippen molar-refractivity contribution in [1.82, 2.24) is 4.98 Å². The highest BCUT2D eigenvalue weighted by Crippen LogP contribution is 2.16. The van der Waals surface area contributed by atoms with Crippen LogP contribution in [0.5, 0.6) is 0 Å². The third-order valence-electron chi connectivity index (χ3n) is 3.28. The normalized spacial score (nSPS) is 10.4. The zero-order valence-electron chi connectivity index (χ0n) is 12.9. The number of anilines is 2. The topological polar surface area (TPSA) is 54.0 Å². The largest absolute Gasteiger partial charge is 0.385 e. The van der Waals surface area contributed by atoms with E-state index in [9.17, 15) is 13.6 Å². The number of hydrogen-bond donors (Lipinski definition) is 2. The summed E-state index contributed by atoms with van der Waals surface area (Å²) in [5.41, 5.74) is 0.856. The van der Waals surface area contributed by atoms with Crippen LogP contribution in [0.25, 0.3) is 0 Å². The van der Waals surface area contributed by atoms with E-state index in [0.717, 1.165) is 43.6 Å². The predicted molar refractivity (Wildman–Crippen MR) is 86.6 cm³/mol. The molecule has 2 N–H and O–H groups in total. The Bertz CT molecular complexity index is 677. The highest BCUT2D eigenvalue weighted by atomic mass is 19.1. The molecule has 1 heterocycles. The summed E-state index contributed by atoms with van der Waals surface area (Å²) in [6, 6.07) is 6.34. The van der Waals surface area contributed by atoms with Gasteiger partial charge in [0.15, 0.2) is 0 Å². The monoisotopic (exact) mass is 319 g/mol. The molecular weight excluding hydrogens is 300 g/mol. The molecule has 1 amide bonds. The van der Waals surface area contributed by atoms with E-state index in [1.807, 2.05) is 0 Å². The van der Waals surface area contributed by atoms with Gasteiger partial charge in [-0.3, -0.25) is 9.78 Å². The summed E-state index contributed by atoms with van der Waals surface area (Å²) in [7, 11) is 0. The molecule has 0 saturated carbocycles. The number of rotatable bonds is 7. The molecule has 4 nitrogen and oxygen atoms in total. The minimum Gasteiger partial charge on any atom is -0.385 e. The molecule has 0 atom stereocenters. The summed E-state index contributed by atoms with van der Waals surface area (Å²) < 4.78 is 26.4. The maximum atomic E-state index is 13.6. The Balaban J connectivity index is 2.01. The summed E-state index contributed by atoms with van der Waals surface area (Å²) in [5.74, 6) is -2.07. The van der Waals surface area contributed by atoms with Gasteiger partial charge in [0.25, 0.3) is 5.91 Å².